The van der Waals surface area contributed by atoms with Crippen molar-refractivity contribution in [1.82, 2.24) is 0 Å². The molecule has 2 N–H and O–H groups in total. The third kappa shape index (κ3) is 5.90. The van der Waals surface area contributed by atoms with E-state index < -0.39 is 5.91 Å². The molecule has 0 unspecified atom stereocenters. The van der Waals surface area contributed by atoms with Gasteiger partial charge in [-0.1, -0.05) is 29.8 Å². The Morgan fingerprint density at radius 1 is 0.839 bits per heavy atom. The summed E-state index contributed by atoms with van der Waals surface area (Å²) in [5.74, 6) is 0.538. The highest BCUT2D eigenvalue weighted by Crippen LogP contribution is 2.36. The van der Waals surface area contributed by atoms with Gasteiger partial charge in [0.2, 0.25) is 0 Å². The van der Waals surface area contributed by atoms with Crippen LogP contribution in [-0.2, 0) is 4.79 Å². The second-order valence-corrected chi connectivity index (χ2v) is 6.80. The molecule has 0 atom stereocenters. The van der Waals surface area contributed by atoms with Gasteiger partial charge in [-0.25, -0.2) is 0 Å². The van der Waals surface area contributed by atoms with Gasteiger partial charge in [0.05, 0.1) is 25.6 Å². The fourth-order valence-corrected chi connectivity index (χ4v) is 2.87. The maximum absolute atomic E-state index is 12.5. The first-order valence-electron chi connectivity index (χ1n) is 9.31. The van der Waals surface area contributed by atoms with Gasteiger partial charge in [-0.2, -0.15) is 0 Å². The molecule has 0 aromatic heterocycles. The van der Waals surface area contributed by atoms with Gasteiger partial charge in [-0.15, -0.1) is 0 Å². The average molecular weight is 441 g/mol. The molecule has 8 heteroatoms. The summed E-state index contributed by atoms with van der Waals surface area (Å²) in [4.78, 5) is 24.8. The number of anilines is 2. The predicted octanol–water partition coefficient (Wildman–Crippen LogP) is 4.63. The number of hydrogen-bond donors (Lipinski definition) is 2. The Balaban J connectivity index is 1.72. The molecule has 0 aliphatic carbocycles. The van der Waals surface area contributed by atoms with Gasteiger partial charge in [-0.05, 0) is 36.4 Å². The van der Waals surface area contributed by atoms with Gasteiger partial charge in [-0.3, -0.25) is 9.59 Å². The van der Waals surface area contributed by atoms with Crippen LogP contribution in [0.2, 0.25) is 5.02 Å². The van der Waals surface area contributed by atoms with Crippen LogP contribution in [0.1, 0.15) is 10.4 Å². The average Bonchev–Trinajstić information content (AvgIpc) is 2.79. The molecule has 3 aromatic rings. The molecule has 0 aliphatic heterocycles. The highest BCUT2D eigenvalue weighted by molar-refractivity contribution is 6.30. The Morgan fingerprint density at radius 3 is 2.00 bits per heavy atom. The number of methoxy groups -OCH3 is 2. The molecule has 7 nitrogen and oxygen atoms in total. The zero-order chi connectivity index (χ0) is 22.2. The summed E-state index contributed by atoms with van der Waals surface area (Å²) in [5.41, 5.74) is 1.28. The van der Waals surface area contributed by atoms with E-state index in [0.29, 0.717) is 39.2 Å². The van der Waals surface area contributed by atoms with Crippen LogP contribution < -0.4 is 24.8 Å². The first kappa shape index (κ1) is 22.0. The van der Waals surface area contributed by atoms with E-state index in [2.05, 4.69) is 10.6 Å². The van der Waals surface area contributed by atoms with Crippen LogP contribution in [0.15, 0.2) is 66.7 Å². The first-order valence-corrected chi connectivity index (χ1v) is 9.68. The van der Waals surface area contributed by atoms with E-state index in [-0.39, 0.29) is 12.5 Å². The van der Waals surface area contributed by atoms with Crippen molar-refractivity contribution in [2.24, 2.45) is 0 Å². The molecule has 0 saturated carbocycles. The van der Waals surface area contributed by atoms with Gasteiger partial charge in [0.15, 0.2) is 6.61 Å². The van der Waals surface area contributed by atoms with Crippen LogP contribution in [0.4, 0.5) is 11.4 Å². The number of carbonyl (C=O) groups is 2. The maximum atomic E-state index is 12.5. The van der Waals surface area contributed by atoms with E-state index in [1.807, 2.05) is 6.07 Å². The number of hydrogen-bond acceptors (Lipinski definition) is 5. The van der Waals surface area contributed by atoms with Crippen molar-refractivity contribution in [1.29, 1.82) is 0 Å². The maximum Gasteiger partial charge on any atom is 0.262 e. The number of carbonyl (C=O) groups excluding carboxylic acids is 2. The van der Waals surface area contributed by atoms with Crippen LogP contribution >= 0.6 is 11.6 Å². The standard InChI is InChI=1S/C23H21ClN2O5/c1-29-20-13-19(26-23(28)15-6-4-3-5-7-15)21(30-2)12-18(20)25-22(27)14-31-17-10-8-16(24)9-11-17/h3-13H,14H2,1-2H3,(H,25,27)(H,26,28). The van der Waals surface area contributed by atoms with E-state index in [1.54, 1.807) is 60.7 Å². The summed E-state index contributed by atoms with van der Waals surface area (Å²) in [5, 5.41) is 6.09. The lowest BCUT2D eigenvalue weighted by molar-refractivity contribution is -0.118. The third-order valence-corrected chi connectivity index (χ3v) is 4.52. The Labute approximate surface area is 184 Å². The molecule has 0 heterocycles. The topological polar surface area (TPSA) is 85.9 Å². The number of nitrogens with one attached hydrogen (secondary N) is 2. The number of halogens is 1. The molecule has 3 aromatic carbocycles. The fraction of sp³-hybridized carbons (Fsp3) is 0.130. The van der Waals surface area contributed by atoms with Crippen molar-refractivity contribution < 1.29 is 23.8 Å². The summed E-state index contributed by atoms with van der Waals surface area (Å²) in [6, 6.07) is 18.6. The molecule has 0 radical (unpaired) electrons. The number of ether oxygens (including phenoxy) is 3. The second kappa shape index (κ2) is 10.4. The zero-order valence-corrected chi connectivity index (χ0v) is 17.7. The largest absolute Gasteiger partial charge is 0.494 e. The van der Waals surface area contributed by atoms with Crippen LogP contribution in [-0.4, -0.2) is 32.6 Å². The monoisotopic (exact) mass is 440 g/mol. The molecular weight excluding hydrogens is 420 g/mol. The van der Waals surface area contributed by atoms with Crippen molar-refractivity contribution in [2.45, 2.75) is 0 Å². The van der Waals surface area contributed by atoms with Crippen molar-refractivity contribution in [3.8, 4) is 17.2 Å². The lowest BCUT2D eigenvalue weighted by Crippen LogP contribution is -2.20. The number of rotatable bonds is 8. The molecule has 2 amide bonds. The summed E-state index contributed by atoms with van der Waals surface area (Å²) < 4.78 is 16.2. The molecule has 0 aliphatic rings. The molecule has 0 fully saturated rings. The minimum atomic E-state index is -0.392. The van der Waals surface area contributed by atoms with Gasteiger partial charge >= 0.3 is 0 Å². The van der Waals surface area contributed by atoms with Gasteiger partial charge < -0.3 is 24.8 Å². The summed E-state index contributed by atoms with van der Waals surface area (Å²) in [6.07, 6.45) is 0. The Bertz CT molecular complexity index is 1060. The van der Waals surface area contributed by atoms with E-state index >= 15 is 0 Å². The van der Waals surface area contributed by atoms with E-state index in [9.17, 15) is 9.59 Å². The normalized spacial score (nSPS) is 10.2. The minimum absolute atomic E-state index is 0.209. The van der Waals surface area contributed by atoms with Crippen molar-refractivity contribution >= 4 is 34.8 Å². The zero-order valence-electron chi connectivity index (χ0n) is 17.0. The Hall–Kier alpha value is -3.71. The third-order valence-electron chi connectivity index (χ3n) is 4.26. The summed E-state index contributed by atoms with van der Waals surface area (Å²) in [6.45, 7) is -0.209. The SMILES string of the molecule is COc1cc(NC(=O)c2ccccc2)c(OC)cc1NC(=O)COc1ccc(Cl)cc1. The molecular formula is C23H21ClN2O5. The van der Waals surface area contributed by atoms with Gasteiger partial charge in [0, 0.05) is 22.7 Å². The molecule has 0 saturated heterocycles. The summed E-state index contributed by atoms with van der Waals surface area (Å²) in [7, 11) is 2.93. The summed E-state index contributed by atoms with van der Waals surface area (Å²) >= 11 is 5.84. The van der Waals surface area contributed by atoms with E-state index in [4.69, 9.17) is 25.8 Å². The van der Waals surface area contributed by atoms with Crippen LogP contribution in [0.25, 0.3) is 0 Å². The highest BCUT2D eigenvalue weighted by Gasteiger charge is 2.16. The Morgan fingerprint density at radius 2 is 1.42 bits per heavy atom. The smallest absolute Gasteiger partial charge is 0.262 e. The highest BCUT2D eigenvalue weighted by atomic mass is 35.5. The van der Waals surface area contributed by atoms with Crippen LogP contribution in [0.5, 0.6) is 17.2 Å². The lowest BCUT2D eigenvalue weighted by Gasteiger charge is -2.16. The van der Waals surface area contributed by atoms with Gasteiger partial charge in [0.25, 0.3) is 11.8 Å². The van der Waals surface area contributed by atoms with E-state index in [0.717, 1.165) is 0 Å². The van der Waals surface area contributed by atoms with Crippen molar-refractivity contribution in [2.75, 3.05) is 31.5 Å². The van der Waals surface area contributed by atoms with Crippen LogP contribution in [0.3, 0.4) is 0 Å². The minimum Gasteiger partial charge on any atom is -0.494 e. The van der Waals surface area contributed by atoms with Crippen molar-refractivity contribution in [3.05, 3.63) is 77.3 Å². The number of amides is 2. The molecule has 31 heavy (non-hydrogen) atoms. The second-order valence-electron chi connectivity index (χ2n) is 6.36. The fourth-order valence-electron chi connectivity index (χ4n) is 2.74. The molecule has 0 spiro atoms. The van der Waals surface area contributed by atoms with Crippen molar-refractivity contribution in [3.63, 3.8) is 0 Å². The van der Waals surface area contributed by atoms with E-state index in [1.165, 1.54) is 14.2 Å². The number of benzene rings is 3. The Kier molecular flexibility index (Phi) is 7.35. The molecule has 0 bridgehead atoms. The lowest BCUT2D eigenvalue weighted by atomic mass is 10.2. The predicted molar refractivity (Wildman–Crippen MR) is 120 cm³/mol. The van der Waals surface area contributed by atoms with Crippen LogP contribution in [0, 0.1) is 0 Å². The quantitative estimate of drug-likeness (QED) is 0.533. The molecule has 3 rings (SSSR count). The van der Waals surface area contributed by atoms with Gasteiger partial charge in [0.1, 0.15) is 17.2 Å². The first-order chi connectivity index (χ1) is 15.0. The molecule has 160 valence electrons.